The van der Waals surface area contributed by atoms with Gasteiger partial charge in [0, 0.05) is 30.7 Å². The second-order valence-corrected chi connectivity index (χ2v) is 14.0. The van der Waals surface area contributed by atoms with Gasteiger partial charge in [-0.05, 0) is 87.1 Å². The van der Waals surface area contributed by atoms with Crippen molar-refractivity contribution in [3.8, 4) is 0 Å². The molecule has 10 nitrogen and oxygen atoms in total. The molecule has 2 aromatic heterocycles. The monoisotopic (exact) mass is 668 g/mol. The van der Waals surface area contributed by atoms with Gasteiger partial charge in [0.05, 0.1) is 16.0 Å². The van der Waals surface area contributed by atoms with Crippen LogP contribution in [-0.4, -0.2) is 89.7 Å². The van der Waals surface area contributed by atoms with Crippen molar-refractivity contribution in [2.45, 2.75) is 84.2 Å². The Balaban J connectivity index is 0.00000552. The number of hydrogen-bond donors (Lipinski definition) is 3. The number of likely N-dealkylation sites (N-methyl/N-ethyl adjacent to an activating group) is 1. The van der Waals surface area contributed by atoms with Gasteiger partial charge in [-0.15, -0.1) is 11.3 Å². The number of carbonyl (C=O) groups is 3. The Labute approximate surface area is 292 Å². The number of thiophene rings is 1. The first-order valence-electron chi connectivity index (χ1n) is 15.6. The third kappa shape index (κ3) is 10.7. The number of hydrogen-bond acceptors (Lipinski definition) is 6. The van der Waals surface area contributed by atoms with Crippen LogP contribution >= 0.6 is 11.3 Å². The average Bonchev–Trinajstić information content (AvgIpc) is 3.59. The summed E-state index contributed by atoms with van der Waals surface area (Å²) in [7, 11) is -3.91. The number of nitrogens with one attached hydrogen (secondary N) is 2. The van der Waals surface area contributed by atoms with E-state index in [0.29, 0.717) is 57.3 Å². The summed E-state index contributed by atoms with van der Waals surface area (Å²) in [6, 6.07) is 11.8. The molecule has 0 saturated heterocycles. The van der Waals surface area contributed by atoms with Crippen LogP contribution in [0.3, 0.4) is 0 Å². The summed E-state index contributed by atoms with van der Waals surface area (Å²) < 4.78 is 33.1. The van der Waals surface area contributed by atoms with Crippen molar-refractivity contribution in [1.82, 2.24) is 15.2 Å². The molecule has 1 aliphatic rings. The summed E-state index contributed by atoms with van der Waals surface area (Å²) >= 11 is 1.54. The number of rotatable bonds is 15. The predicted octanol–water partition coefficient (Wildman–Crippen LogP) is 4.52. The fourth-order valence-electron chi connectivity index (χ4n) is 5.88. The van der Waals surface area contributed by atoms with Crippen LogP contribution in [-0.2, 0) is 32.7 Å². The molecule has 4 rings (SSSR count). The molecule has 3 N–H and O–H groups in total. The van der Waals surface area contributed by atoms with Crippen LogP contribution in [0.4, 0.5) is 5.69 Å². The molecule has 0 radical (unpaired) electrons. The number of aryl methyl sites for hydroxylation is 1. The second-order valence-electron chi connectivity index (χ2n) is 11.5. The SMILES string of the molecule is CCc1cccc(N(CC)C(=O)Cn2c(C(=O)NC3CCC(C(=O)NCCCCCCS(=O)(=O)O)CC3)cc3sccc32)c1.[NaH]. The Kier molecular flexibility index (Phi) is 14.6. The summed E-state index contributed by atoms with van der Waals surface area (Å²) in [5, 5.41) is 8.10. The molecule has 3 aromatic rings. The molecule has 13 heteroatoms. The molecule has 2 heterocycles. The summed E-state index contributed by atoms with van der Waals surface area (Å²) in [5.41, 5.74) is 3.35. The van der Waals surface area contributed by atoms with E-state index in [1.807, 2.05) is 53.3 Å². The quantitative estimate of drug-likeness (QED) is 0.124. The Morgan fingerprint density at radius 2 is 1.76 bits per heavy atom. The summed E-state index contributed by atoms with van der Waals surface area (Å²) in [6.07, 6.45) is 6.27. The van der Waals surface area contributed by atoms with Crippen LogP contribution in [0, 0.1) is 5.92 Å². The Bertz CT molecular complexity index is 1550. The average molecular weight is 669 g/mol. The number of anilines is 1. The Morgan fingerprint density at radius 3 is 2.44 bits per heavy atom. The topological polar surface area (TPSA) is 138 Å². The van der Waals surface area contributed by atoms with Crippen molar-refractivity contribution in [3.63, 3.8) is 0 Å². The predicted molar refractivity (Wildman–Crippen MR) is 182 cm³/mol. The van der Waals surface area contributed by atoms with E-state index in [-0.39, 0.29) is 71.5 Å². The van der Waals surface area contributed by atoms with E-state index in [4.69, 9.17) is 4.55 Å². The molecule has 0 aliphatic heterocycles. The van der Waals surface area contributed by atoms with Gasteiger partial charge in [0.1, 0.15) is 12.2 Å². The molecule has 1 aliphatic carbocycles. The number of fused-ring (bicyclic) bond motifs is 1. The van der Waals surface area contributed by atoms with E-state index in [9.17, 15) is 22.8 Å². The van der Waals surface area contributed by atoms with E-state index < -0.39 is 10.1 Å². The molecular formula is C32H45N4NaO6S2. The molecule has 0 atom stereocenters. The van der Waals surface area contributed by atoms with Crippen molar-refractivity contribution in [3.05, 3.63) is 53.0 Å². The number of nitrogens with zero attached hydrogens (tertiary/aromatic N) is 2. The molecule has 242 valence electrons. The van der Waals surface area contributed by atoms with Crippen LogP contribution < -0.4 is 15.5 Å². The molecule has 0 unspecified atom stereocenters. The fraction of sp³-hybridized carbons (Fsp3) is 0.531. The van der Waals surface area contributed by atoms with Gasteiger partial charge in [-0.1, -0.05) is 31.9 Å². The number of aromatic nitrogens is 1. The summed E-state index contributed by atoms with van der Waals surface area (Å²) in [5.74, 6) is -0.597. The first kappa shape index (κ1) is 37.2. The van der Waals surface area contributed by atoms with Gasteiger partial charge in [-0.2, -0.15) is 8.42 Å². The first-order valence-corrected chi connectivity index (χ1v) is 18.1. The zero-order valence-electron chi connectivity index (χ0n) is 25.6. The number of benzene rings is 1. The van der Waals surface area contributed by atoms with Gasteiger partial charge in [0.25, 0.3) is 16.0 Å². The van der Waals surface area contributed by atoms with Gasteiger partial charge < -0.3 is 20.1 Å². The molecule has 1 aromatic carbocycles. The molecule has 1 saturated carbocycles. The number of carbonyl (C=O) groups excluding carboxylic acids is 3. The standard InChI is InChI=1S/C32H44N4O6S2.Na.H/c1-3-23-10-9-11-26(20-23)35(4-2)30(37)22-36-27-16-18-43-29(27)21-28(36)32(39)34-25-14-12-24(13-15-25)31(38)33-17-7-5-6-8-19-44(40,41)42;;/h9-11,16,18,20-21,24-25H,3-8,12-15,17,19,22H2,1-2H3,(H,33,38)(H,34,39)(H,40,41,42);;. The Hall–Kier alpha value is -2.22. The van der Waals surface area contributed by atoms with Gasteiger partial charge in [0.2, 0.25) is 11.8 Å². The van der Waals surface area contributed by atoms with Crippen LogP contribution in [0.25, 0.3) is 10.2 Å². The van der Waals surface area contributed by atoms with Gasteiger partial charge in [-0.25, -0.2) is 0 Å². The summed E-state index contributed by atoms with van der Waals surface area (Å²) in [6.45, 7) is 5.15. The van der Waals surface area contributed by atoms with Gasteiger partial charge in [-0.3, -0.25) is 18.9 Å². The second kappa shape index (κ2) is 17.6. The zero-order chi connectivity index (χ0) is 31.7. The third-order valence-electron chi connectivity index (χ3n) is 8.36. The van der Waals surface area contributed by atoms with E-state index >= 15 is 0 Å². The minimum atomic E-state index is -3.91. The van der Waals surface area contributed by atoms with E-state index in [2.05, 4.69) is 17.6 Å². The first-order chi connectivity index (χ1) is 21.1. The molecule has 3 amide bonds. The van der Waals surface area contributed by atoms with E-state index in [0.717, 1.165) is 40.7 Å². The fourth-order valence-corrected chi connectivity index (χ4v) is 7.27. The normalized spacial score (nSPS) is 16.6. The van der Waals surface area contributed by atoms with Crippen LogP contribution in [0.1, 0.15) is 81.3 Å². The van der Waals surface area contributed by atoms with Gasteiger partial charge >= 0.3 is 29.6 Å². The number of unbranched alkanes of at least 4 members (excludes halogenated alkanes) is 3. The van der Waals surface area contributed by atoms with Crippen LogP contribution in [0.5, 0.6) is 0 Å². The zero-order valence-corrected chi connectivity index (χ0v) is 27.2. The van der Waals surface area contributed by atoms with Crippen molar-refractivity contribution < 1.29 is 27.4 Å². The molecule has 45 heavy (non-hydrogen) atoms. The maximum atomic E-state index is 13.6. The minimum absolute atomic E-state index is 0. The third-order valence-corrected chi connectivity index (χ3v) is 10.0. The van der Waals surface area contributed by atoms with Crippen LogP contribution in [0.15, 0.2) is 41.8 Å². The van der Waals surface area contributed by atoms with Crippen LogP contribution in [0.2, 0.25) is 0 Å². The number of amides is 3. The van der Waals surface area contributed by atoms with Crippen molar-refractivity contribution in [2.75, 3.05) is 23.7 Å². The van der Waals surface area contributed by atoms with Gasteiger partial charge in [0.15, 0.2) is 0 Å². The maximum absolute atomic E-state index is 13.6. The van der Waals surface area contributed by atoms with Crippen molar-refractivity contribution >= 4 is 84.6 Å². The Morgan fingerprint density at radius 1 is 1.02 bits per heavy atom. The molecule has 0 spiro atoms. The van der Waals surface area contributed by atoms with Crippen molar-refractivity contribution in [2.24, 2.45) is 5.92 Å². The van der Waals surface area contributed by atoms with E-state index in [1.54, 1.807) is 16.2 Å². The molecule has 0 bridgehead atoms. The summed E-state index contributed by atoms with van der Waals surface area (Å²) in [4.78, 5) is 41.5. The van der Waals surface area contributed by atoms with Crippen molar-refractivity contribution in [1.29, 1.82) is 0 Å². The molecule has 1 fully saturated rings. The molecular weight excluding hydrogens is 623 g/mol. The van der Waals surface area contributed by atoms with E-state index in [1.165, 1.54) is 0 Å².